The summed E-state index contributed by atoms with van der Waals surface area (Å²) in [5.41, 5.74) is 1.36. The molecule has 0 bridgehead atoms. The van der Waals surface area contributed by atoms with E-state index in [2.05, 4.69) is 50.2 Å². The van der Waals surface area contributed by atoms with Gasteiger partial charge in [0.1, 0.15) is 0 Å². The minimum atomic E-state index is -0.730. The van der Waals surface area contributed by atoms with Gasteiger partial charge in [-0.1, -0.05) is 79.7 Å². The number of hydrogen-bond acceptors (Lipinski definition) is 0. The van der Waals surface area contributed by atoms with Gasteiger partial charge in [-0.15, -0.1) is 0 Å². The Morgan fingerprint density at radius 1 is 0.824 bits per heavy atom. The molecule has 0 amide bonds. The van der Waals surface area contributed by atoms with Crippen LogP contribution in [-0.4, -0.2) is 0 Å². The lowest BCUT2D eigenvalue weighted by atomic mass is 10.0. The van der Waals surface area contributed by atoms with Gasteiger partial charge in [0.05, 0.1) is 7.27 Å². The molecular weight excluding hydrogens is 247 g/mol. The molecule has 88 valence electrons. The van der Waals surface area contributed by atoms with Crippen LogP contribution >= 0.6 is 18.5 Å². The van der Waals surface area contributed by atoms with Gasteiger partial charge in [0, 0.05) is 0 Å². The lowest BCUT2D eigenvalue weighted by Crippen LogP contribution is -2.07. The van der Waals surface area contributed by atoms with E-state index in [1.807, 2.05) is 18.2 Å². The van der Waals surface area contributed by atoms with Gasteiger partial charge in [-0.3, -0.25) is 0 Å². The fourth-order valence-corrected chi connectivity index (χ4v) is 3.52. The van der Waals surface area contributed by atoms with Crippen LogP contribution in [0.3, 0.4) is 0 Å². The quantitative estimate of drug-likeness (QED) is 0.720. The summed E-state index contributed by atoms with van der Waals surface area (Å²) in [7, 11) is -0.730. The summed E-state index contributed by atoms with van der Waals surface area (Å²) < 4.78 is 0. The molecular formula is C15H16ClP. The fraction of sp³-hybridized carbons (Fsp3) is 0.200. The van der Waals surface area contributed by atoms with Crippen LogP contribution in [0.25, 0.3) is 0 Å². The first-order chi connectivity index (χ1) is 8.18. The zero-order chi connectivity index (χ0) is 12.3. The molecule has 2 rings (SSSR count). The van der Waals surface area contributed by atoms with Gasteiger partial charge >= 0.3 is 0 Å². The Balaban J connectivity index is 2.23. The van der Waals surface area contributed by atoms with Crippen LogP contribution in [0, 0.1) is 0 Å². The highest BCUT2D eigenvalue weighted by atomic mass is 35.7. The Labute approximate surface area is 109 Å². The molecule has 0 aliphatic rings. The molecule has 2 aromatic carbocycles. The highest BCUT2D eigenvalue weighted by Gasteiger charge is 2.10. The van der Waals surface area contributed by atoms with E-state index in [0.717, 1.165) is 0 Å². The molecule has 0 aliphatic carbocycles. The van der Waals surface area contributed by atoms with Crippen molar-refractivity contribution in [2.24, 2.45) is 0 Å². The first kappa shape index (κ1) is 12.6. The van der Waals surface area contributed by atoms with Gasteiger partial charge < -0.3 is 0 Å². The van der Waals surface area contributed by atoms with Gasteiger partial charge in [-0.25, -0.2) is 0 Å². The summed E-state index contributed by atoms with van der Waals surface area (Å²) in [5.74, 6) is 0.572. The van der Waals surface area contributed by atoms with Crippen molar-refractivity contribution < 1.29 is 0 Å². The second-order valence-corrected chi connectivity index (χ2v) is 6.97. The predicted octanol–water partition coefficient (Wildman–Crippen LogP) is 4.40. The van der Waals surface area contributed by atoms with Crippen molar-refractivity contribution in [1.82, 2.24) is 0 Å². The Morgan fingerprint density at radius 3 is 1.88 bits per heavy atom. The van der Waals surface area contributed by atoms with E-state index in [4.69, 9.17) is 11.2 Å². The van der Waals surface area contributed by atoms with E-state index in [0.29, 0.717) is 5.92 Å². The monoisotopic (exact) mass is 262 g/mol. The number of benzene rings is 2. The summed E-state index contributed by atoms with van der Waals surface area (Å²) in [5, 5.41) is 2.43. The summed E-state index contributed by atoms with van der Waals surface area (Å²) in [6.45, 7) is 4.41. The van der Waals surface area contributed by atoms with Crippen molar-refractivity contribution in [2.45, 2.75) is 19.8 Å². The molecule has 0 fully saturated rings. The molecule has 0 aliphatic heterocycles. The molecule has 0 saturated heterocycles. The normalized spacial score (nSPS) is 12.7. The second-order valence-electron chi connectivity index (χ2n) is 4.36. The molecule has 0 saturated carbocycles. The standard InChI is InChI=1S/C15H16ClP/c1-12(2)13-8-10-15(11-9-13)17(16)14-6-4-3-5-7-14/h3-12H,1-2H3. The van der Waals surface area contributed by atoms with Crippen molar-refractivity contribution in [3.8, 4) is 0 Å². The third-order valence-corrected chi connectivity index (χ3v) is 5.44. The zero-order valence-corrected chi connectivity index (χ0v) is 11.7. The van der Waals surface area contributed by atoms with E-state index in [9.17, 15) is 0 Å². The molecule has 0 heterocycles. The molecule has 0 spiro atoms. The summed E-state index contributed by atoms with van der Waals surface area (Å²) in [6.07, 6.45) is 0. The van der Waals surface area contributed by atoms with Crippen molar-refractivity contribution in [3.63, 3.8) is 0 Å². The van der Waals surface area contributed by atoms with Gasteiger partial charge in [0.2, 0.25) is 0 Å². The number of halogens is 1. The molecule has 0 nitrogen and oxygen atoms in total. The summed E-state index contributed by atoms with van der Waals surface area (Å²) in [4.78, 5) is 0. The Hall–Kier alpha value is -0.840. The van der Waals surface area contributed by atoms with Gasteiger partial charge in [-0.2, -0.15) is 0 Å². The first-order valence-electron chi connectivity index (χ1n) is 5.79. The van der Waals surface area contributed by atoms with Gasteiger partial charge in [-0.05, 0) is 22.1 Å². The van der Waals surface area contributed by atoms with Crippen LogP contribution in [0.4, 0.5) is 0 Å². The second kappa shape index (κ2) is 5.67. The topological polar surface area (TPSA) is 0 Å². The van der Waals surface area contributed by atoms with Crippen LogP contribution in [0.15, 0.2) is 54.6 Å². The van der Waals surface area contributed by atoms with Crippen molar-refractivity contribution in [3.05, 3.63) is 60.2 Å². The van der Waals surface area contributed by atoms with Crippen molar-refractivity contribution in [2.75, 3.05) is 0 Å². The summed E-state index contributed by atoms with van der Waals surface area (Å²) in [6, 6.07) is 18.9. The van der Waals surface area contributed by atoms with E-state index >= 15 is 0 Å². The fourth-order valence-electron chi connectivity index (χ4n) is 1.70. The van der Waals surface area contributed by atoms with E-state index < -0.39 is 7.27 Å². The molecule has 0 radical (unpaired) electrons. The lowest BCUT2D eigenvalue weighted by Gasteiger charge is -2.12. The largest absolute Gasteiger partial charge is 0.0859 e. The van der Waals surface area contributed by atoms with Crippen LogP contribution < -0.4 is 10.6 Å². The maximum absolute atomic E-state index is 6.53. The van der Waals surface area contributed by atoms with Crippen LogP contribution in [0.5, 0.6) is 0 Å². The number of rotatable bonds is 3. The SMILES string of the molecule is CC(C)c1ccc(P(Cl)c2ccccc2)cc1. The third-order valence-electron chi connectivity index (χ3n) is 2.77. The molecule has 1 atom stereocenters. The smallest absolute Gasteiger partial charge is 0.0524 e. The zero-order valence-electron chi connectivity index (χ0n) is 10.1. The van der Waals surface area contributed by atoms with Crippen LogP contribution in [0.2, 0.25) is 0 Å². The maximum atomic E-state index is 6.53. The summed E-state index contributed by atoms with van der Waals surface area (Å²) >= 11 is 6.53. The molecule has 2 heteroatoms. The Morgan fingerprint density at radius 2 is 1.35 bits per heavy atom. The third kappa shape index (κ3) is 3.09. The van der Waals surface area contributed by atoms with E-state index in [-0.39, 0.29) is 0 Å². The average Bonchev–Trinajstić information content (AvgIpc) is 2.39. The Bertz CT molecular complexity index is 462. The predicted molar refractivity (Wildman–Crippen MR) is 79.0 cm³/mol. The molecule has 17 heavy (non-hydrogen) atoms. The Kier molecular flexibility index (Phi) is 4.20. The minimum Gasteiger partial charge on any atom is -0.0859 e. The van der Waals surface area contributed by atoms with Crippen molar-refractivity contribution >= 4 is 29.1 Å². The van der Waals surface area contributed by atoms with Crippen molar-refractivity contribution in [1.29, 1.82) is 0 Å². The molecule has 1 unspecified atom stereocenters. The highest BCUT2D eigenvalue weighted by molar-refractivity contribution is 7.95. The molecule has 0 aromatic heterocycles. The maximum Gasteiger partial charge on any atom is 0.0524 e. The van der Waals surface area contributed by atoms with E-state index in [1.165, 1.54) is 16.2 Å². The minimum absolute atomic E-state index is 0.572. The first-order valence-corrected chi connectivity index (χ1v) is 8.04. The molecule has 2 aromatic rings. The van der Waals surface area contributed by atoms with Gasteiger partial charge in [0.15, 0.2) is 0 Å². The van der Waals surface area contributed by atoms with Crippen LogP contribution in [-0.2, 0) is 0 Å². The molecule has 0 N–H and O–H groups in total. The lowest BCUT2D eigenvalue weighted by molar-refractivity contribution is 0.867. The number of hydrogen-bond donors (Lipinski definition) is 0. The van der Waals surface area contributed by atoms with Gasteiger partial charge in [0.25, 0.3) is 0 Å². The average molecular weight is 263 g/mol. The van der Waals surface area contributed by atoms with Crippen LogP contribution in [0.1, 0.15) is 25.3 Å². The highest BCUT2D eigenvalue weighted by Crippen LogP contribution is 2.38. The van der Waals surface area contributed by atoms with E-state index in [1.54, 1.807) is 0 Å².